The molecule has 1 aromatic carbocycles. The number of carbonyl (C=O) groups excluding carboxylic acids is 2. The lowest BCUT2D eigenvalue weighted by Crippen LogP contribution is -2.39. The molecule has 3 rings (SSSR count). The van der Waals surface area contributed by atoms with Gasteiger partial charge in [-0.2, -0.15) is 0 Å². The lowest BCUT2D eigenvalue weighted by molar-refractivity contribution is -0.126. The predicted octanol–water partition coefficient (Wildman–Crippen LogP) is 2.52. The molecule has 1 aromatic heterocycles. The Morgan fingerprint density at radius 2 is 2.00 bits per heavy atom. The van der Waals surface area contributed by atoms with Crippen molar-refractivity contribution in [3.8, 4) is 5.69 Å². The Bertz CT molecular complexity index is 766. The first-order valence-electron chi connectivity index (χ1n) is 7.83. The van der Waals surface area contributed by atoms with E-state index in [-0.39, 0.29) is 17.2 Å². The topological polar surface area (TPSA) is 67.2 Å². The van der Waals surface area contributed by atoms with Crippen molar-refractivity contribution in [2.75, 3.05) is 13.1 Å². The molecule has 1 N–H and O–H groups in total. The van der Waals surface area contributed by atoms with Gasteiger partial charge in [-0.1, -0.05) is 17.8 Å². The van der Waals surface area contributed by atoms with E-state index in [4.69, 9.17) is 0 Å². The van der Waals surface area contributed by atoms with Crippen molar-refractivity contribution in [1.82, 2.24) is 19.8 Å². The van der Waals surface area contributed by atoms with Gasteiger partial charge in [-0.3, -0.25) is 14.3 Å². The molecule has 3 amide bonds. The third kappa shape index (κ3) is 3.31. The molecule has 0 spiro atoms. The van der Waals surface area contributed by atoms with E-state index in [1.807, 2.05) is 10.8 Å². The maximum atomic E-state index is 12.4. The largest absolute Gasteiger partial charge is 0.336 e. The van der Waals surface area contributed by atoms with Gasteiger partial charge in [0.2, 0.25) is 5.91 Å². The minimum atomic E-state index is -0.388. The number of imide groups is 1. The molecule has 0 radical (unpaired) electrons. The smallest absolute Gasteiger partial charge is 0.324 e. The van der Waals surface area contributed by atoms with Gasteiger partial charge in [0.1, 0.15) is 0 Å². The van der Waals surface area contributed by atoms with Crippen LogP contribution < -0.4 is 5.32 Å². The summed E-state index contributed by atoms with van der Waals surface area (Å²) in [5.41, 5.74) is 3.37. The molecule has 0 saturated carbocycles. The first-order valence-corrected chi connectivity index (χ1v) is 8.71. The molecule has 1 aliphatic heterocycles. The van der Waals surface area contributed by atoms with Gasteiger partial charge in [-0.15, -0.1) is 0 Å². The summed E-state index contributed by atoms with van der Waals surface area (Å²) in [5, 5.41) is 3.00. The average Bonchev–Trinajstić information content (AvgIpc) is 3.14. The van der Waals surface area contributed by atoms with Gasteiger partial charge in [-0.05, 0) is 44.0 Å². The van der Waals surface area contributed by atoms with Gasteiger partial charge >= 0.3 is 6.03 Å². The Morgan fingerprint density at radius 3 is 2.62 bits per heavy atom. The Morgan fingerprint density at radius 1 is 1.29 bits per heavy atom. The quantitative estimate of drug-likeness (QED) is 0.866. The normalized spacial score (nSPS) is 15.5. The van der Waals surface area contributed by atoms with Crippen molar-refractivity contribution < 1.29 is 9.59 Å². The van der Waals surface area contributed by atoms with Crippen LogP contribution in [0.1, 0.15) is 18.1 Å². The monoisotopic (exact) mass is 344 g/mol. The number of hydrogen-bond acceptors (Lipinski definition) is 4. The highest BCUT2D eigenvalue weighted by Gasteiger charge is 2.30. The second-order valence-electron chi connectivity index (χ2n) is 5.91. The summed E-state index contributed by atoms with van der Waals surface area (Å²) in [4.78, 5) is 29.7. The molecule has 2 heterocycles. The number of nitrogens with zero attached hydrogens (tertiary/aromatic N) is 3. The first kappa shape index (κ1) is 16.6. The summed E-state index contributed by atoms with van der Waals surface area (Å²) >= 11 is 1.36. The highest BCUT2D eigenvalue weighted by molar-refractivity contribution is 8.00. The molecule has 7 heteroatoms. The van der Waals surface area contributed by atoms with E-state index in [1.54, 1.807) is 13.1 Å². The average molecular weight is 344 g/mol. The van der Waals surface area contributed by atoms with Crippen LogP contribution in [0.4, 0.5) is 4.79 Å². The Balaban J connectivity index is 1.80. The highest BCUT2D eigenvalue weighted by atomic mass is 32.2. The predicted molar refractivity (Wildman–Crippen MR) is 93.5 cm³/mol. The zero-order valence-corrected chi connectivity index (χ0v) is 14.8. The third-order valence-electron chi connectivity index (χ3n) is 3.84. The number of aryl methyl sites for hydroxylation is 2. The van der Waals surface area contributed by atoms with Crippen LogP contribution >= 0.6 is 11.8 Å². The standard InChI is InChI=1S/C17H20N4O2S/c1-11-8-12(2)10-14(9-11)20-6-5-19-17(20)24-13(3)15(22)21-7-4-18-16(21)23/h5-6,8-10,13H,4,7H2,1-3H3,(H,18,23)/t13-/m1/s1. The van der Waals surface area contributed by atoms with E-state index in [0.717, 1.165) is 10.8 Å². The van der Waals surface area contributed by atoms with Crippen LogP contribution in [0.15, 0.2) is 35.7 Å². The molecule has 2 aromatic rings. The fourth-order valence-corrected chi connectivity index (χ4v) is 3.72. The molecular formula is C17H20N4O2S. The second-order valence-corrected chi connectivity index (χ2v) is 7.22. The number of amides is 3. The van der Waals surface area contributed by atoms with E-state index < -0.39 is 0 Å². The number of rotatable bonds is 4. The van der Waals surface area contributed by atoms with Crippen LogP contribution in [0.25, 0.3) is 5.69 Å². The fraction of sp³-hybridized carbons (Fsp3) is 0.353. The van der Waals surface area contributed by atoms with E-state index in [9.17, 15) is 9.59 Å². The molecule has 0 unspecified atom stereocenters. The Kier molecular flexibility index (Phi) is 4.62. The Hall–Kier alpha value is -2.28. The summed E-state index contributed by atoms with van der Waals surface area (Å²) in [7, 11) is 0. The number of aromatic nitrogens is 2. The lowest BCUT2D eigenvalue weighted by Gasteiger charge is -2.17. The molecule has 126 valence electrons. The van der Waals surface area contributed by atoms with Crippen LogP contribution in [-0.4, -0.2) is 44.7 Å². The van der Waals surface area contributed by atoms with Gasteiger partial charge in [0.05, 0.1) is 5.25 Å². The number of benzene rings is 1. The van der Waals surface area contributed by atoms with E-state index >= 15 is 0 Å². The van der Waals surface area contributed by atoms with E-state index in [2.05, 4.69) is 42.3 Å². The molecule has 1 aliphatic rings. The summed E-state index contributed by atoms with van der Waals surface area (Å²) in [5.74, 6) is -0.190. The number of thioether (sulfide) groups is 1. The highest BCUT2D eigenvalue weighted by Crippen LogP contribution is 2.26. The minimum absolute atomic E-state index is 0.190. The van der Waals surface area contributed by atoms with Crippen molar-refractivity contribution in [2.45, 2.75) is 31.2 Å². The maximum absolute atomic E-state index is 12.4. The molecular weight excluding hydrogens is 324 g/mol. The molecule has 1 fully saturated rings. The van der Waals surface area contributed by atoms with Crippen LogP contribution in [0.2, 0.25) is 0 Å². The van der Waals surface area contributed by atoms with Crippen molar-refractivity contribution in [1.29, 1.82) is 0 Å². The zero-order chi connectivity index (χ0) is 17.3. The van der Waals surface area contributed by atoms with Crippen molar-refractivity contribution >= 4 is 23.7 Å². The van der Waals surface area contributed by atoms with Gasteiger partial charge in [0, 0.05) is 31.2 Å². The molecule has 0 aliphatic carbocycles. The van der Waals surface area contributed by atoms with Crippen LogP contribution in [0, 0.1) is 13.8 Å². The van der Waals surface area contributed by atoms with Crippen LogP contribution in [0.5, 0.6) is 0 Å². The molecule has 24 heavy (non-hydrogen) atoms. The number of imidazole rings is 1. The molecule has 1 atom stereocenters. The van der Waals surface area contributed by atoms with Crippen LogP contribution in [0.3, 0.4) is 0 Å². The van der Waals surface area contributed by atoms with E-state index in [1.165, 1.54) is 27.8 Å². The first-order chi connectivity index (χ1) is 11.5. The molecule has 0 bridgehead atoms. The van der Waals surface area contributed by atoms with Gasteiger partial charge in [0.15, 0.2) is 5.16 Å². The summed E-state index contributed by atoms with van der Waals surface area (Å²) in [6.45, 7) is 6.85. The summed E-state index contributed by atoms with van der Waals surface area (Å²) in [6, 6.07) is 5.97. The van der Waals surface area contributed by atoms with Gasteiger partial charge < -0.3 is 5.32 Å². The SMILES string of the molecule is Cc1cc(C)cc(-n2ccnc2S[C@H](C)C(=O)N2CCNC2=O)c1. The number of urea groups is 1. The summed E-state index contributed by atoms with van der Waals surface area (Å²) < 4.78 is 1.97. The van der Waals surface area contributed by atoms with E-state index in [0.29, 0.717) is 13.1 Å². The van der Waals surface area contributed by atoms with Crippen molar-refractivity contribution in [3.63, 3.8) is 0 Å². The molecule has 6 nitrogen and oxygen atoms in total. The zero-order valence-electron chi connectivity index (χ0n) is 13.9. The number of nitrogens with one attached hydrogen (secondary N) is 1. The number of carbonyl (C=O) groups is 2. The minimum Gasteiger partial charge on any atom is -0.336 e. The second kappa shape index (κ2) is 6.68. The maximum Gasteiger partial charge on any atom is 0.324 e. The van der Waals surface area contributed by atoms with Crippen molar-refractivity contribution in [3.05, 3.63) is 41.7 Å². The van der Waals surface area contributed by atoms with Crippen molar-refractivity contribution in [2.24, 2.45) is 0 Å². The Labute approximate surface area is 145 Å². The number of hydrogen-bond donors (Lipinski definition) is 1. The van der Waals surface area contributed by atoms with Gasteiger partial charge in [0.25, 0.3) is 0 Å². The van der Waals surface area contributed by atoms with Crippen LogP contribution in [-0.2, 0) is 4.79 Å². The fourth-order valence-electron chi connectivity index (χ4n) is 2.77. The lowest BCUT2D eigenvalue weighted by atomic mass is 10.1. The third-order valence-corrected chi connectivity index (χ3v) is 4.91. The molecule has 1 saturated heterocycles. The van der Waals surface area contributed by atoms with Gasteiger partial charge in [-0.25, -0.2) is 9.78 Å². The summed E-state index contributed by atoms with van der Waals surface area (Å²) in [6.07, 6.45) is 3.61.